The number of carbonyl (C=O) groups is 2. The molecule has 1 aliphatic rings. The van der Waals surface area contributed by atoms with Crippen LogP contribution in [0.2, 0.25) is 0 Å². The second kappa shape index (κ2) is 7.75. The fourth-order valence-corrected chi connectivity index (χ4v) is 3.75. The van der Waals surface area contributed by atoms with Crippen LogP contribution in [0.1, 0.15) is 51.7 Å². The third kappa shape index (κ3) is 3.88. The van der Waals surface area contributed by atoms with Gasteiger partial charge in [0.25, 0.3) is 5.91 Å². The average Bonchev–Trinajstić information content (AvgIpc) is 3.29. The molecule has 9 heteroatoms. The molecule has 1 atom stereocenters. The van der Waals surface area contributed by atoms with Gasteiger partial charge in [0.05, 0.1) is 18.8 Å². The highest BCUT2D eigenvalue weighted by Crippen LogP contribution is 2.25. The standard InChI is InChI=1S/C16H21N5O3S/c1-3-11-13(15(23)24-2)25-16(18-11)19-14(22)12-6-8-21(20-12)10-5-4-7-17-9-10/h6,8,10,17H,3-5,7,9H2,1-2H3,(H,18,19,22). The molecule has 3 rings (SSSR count). The van der Waals surface area contributed by atoms with E-state index in [4.69, 9.17) is 4.74 Å². The molecule has 0 saturated carbocycles. The van der Waals surface area contributed by atoms with Crippen molar-refractivity contribution >= 4 is 28.3 Å². The molecule has 0 aromatic carbocycles. The minimum absolute atomic E-state index is 0.271. The predicted molar refractivity (Wildman–Crippen MR) is 94.2 cm³/mol. The van der Waals surface area contributed by atoms with Crippen LogP contribution in [0.25, 0.3) is 0 Å². The molecule has 0 aliphatic carbocycles. The van der Waals surface area contributed by atoms with Crippen LogP contribution in [0, 0.1) is 0 Å². The summed E-state index contributed by atoms with van der Waals surface area (Å²) in [6.45, 7) is 3.78. The number of esters is 1. The maximum Gasteiger partial charge on any atom is 0.350 e. The predicted octanol–water partition coefficient (Wildman–Crippen LogP) is 1.87. The Balaban J connectivity index is 1.71. The van der Waals surface area contributed by atoms with Crippen molar-refractivity contribution in [3.05, 3.63) is 28.5 Å². The molecule has 3 heterocycles. The summed E-state index contributed by atoms with van der Waals surface area (Å²) in [5.74, 6) is -0.778. The van der Waals surface area contributed by atoms with Crippen molar-refractivity contribution in [3.63, 3.8) is 0 Å². The molecule has 1 amide bonds. The van der Waals surface area contributed by atoms with Crippen LogP contribution in [0.3, 0.4) is 0 Å². The molecule has 2 aromatic heterocycles. The van der Waals surface area contributed by atoms with Gasteiger partial charge in [0.15, 0.2) is 10.8 Å². The molecule has 1 aliphatic heterocycles. The van der Waals surface area contributed by atoms with Gasteiger partial charge in [-0.05, 0) is 31.9 Å². The molecule has 8 nitrogen and oxygen atoms in total. The van der Waals surface area contributed by atoms with E-state index in [2.05, 4.69) is 20.7 Å². The zero-order chi connectivity index (χ0) is 17.8. The average molecular weight is 363 g/mol. The Morgan fingerprint density at radius 1 is 1.52 bits per heavy atom. The van der Waals surface area contributed by atoms with Gasteiger partial charge in [0.2, 0.25) is 0 Å². The first-order valence-electron chi connectivity index (χ1n) is 8.27. The molecule has 25 heavy (non-hydrogen) atoms. The number of nitrogens with zero attached hydrogens (tertiary/aromatic N) is 3. The first-order chi connectivity index (χ1) is 12.1. The lowest BCUT2D eigenvalue weighted by Gasteiger charge is -2.22. The summed E-state index contributed by atoms with van der Waals surface area (Å²) >= 11 is 1.11. The first-order valence-corrected chi connectivity index (χ1v) is 9.09. The van der Waals surface area contributed by atoms with E-state index in [1.54, 1.807) is 6.07 Å². The summed E-state index contributed by atoms with van der Waals surface area (Å²) in [4.78, 5) is 28.9. The van der Waals surface area contributed by atoms with E-state index in [1.807, 2.05) is 17.8 Å². The second-order valence-corrected chi connectivity index (χ2v) is 6.77. The van der Waals surface area contributed by atoms with Crippen LogP contribution in [0.4, 0.5) is 5.13 Å². The van der Waals surface area contributed by atoms with Crippen LogP contribution in [-0.2, 0) is 11.2 Å². The van der Waals surface area contributed by atoms with Gasteiger partial charge < -0.3 is 10.1 Å². The van der Waals surface area contributed by atoms with E-state index < -0.39 is 5.97 Å². The SMILES string of the molecule is CCc1nc(NC(=O)c2ccn(C3CCCNC3)n2)sc1C(=O)OC. The number of anilines is 1. The zero-order valence-electron chi connectivity index (χ0n) is 14.2. The van der Waals surface area contributed by atoms with Crippen LogP contribution < -0.4 is 10.6 Å². The van der Waals surface area contributed by atoms with Crippen molar-refractivity contribution in [2.45, 2.75) is 32.2 Å². The molecule has 1 unspecified atom stereocenters. The Labute approximate surface area is 149 Å². The summed E-state index contributed by atoms with van der Waals surface area (Å²) in [7, 11) is 1.33. The molecule has 1 saturated heterocycles. The number of piperidine rings is 1. The van der Waals surface area contributed by atoms with Gasteiger partial charge in [-0.15, -0.1) is 0 Å². The molecule has 0 bridgehead atoms. The van der Waals surface area contributed by atoms with Crippen molar-refractivity contribution in [1.82, 2.24) is 20.1 Å². The van der Waals surface area contributed by atoms with E-state index in [-0.39, 0.29) is 11.9 Å². The van der Waals surface area contributed by atoms with E-state index >= 15 is 0 Å². The number of ether oxygens (including phenoxy) is 1. The van der Waals surface area contributed by atoms with Gasteiger partial charge in [-0.25, -0.2) is 9.78 Å². The van der Waals surface area contributed by atoms with Crippen LogP contribution in [-0.4, -0.2) is 46.8 Å². The minimum Gasteiger partial charge on any atom is -0.465 e. The number of hydrogen-bond acceptors (Lipinski definition) is 7. The number of aryl methyl sites for hydroxylation is 1. The number of rotatable bonds is 5. The Hall–Kier alpha value is -2.26. The number of methoxy groups -OCH3 is 1. The number of hydrogen-bond donors (Lipinski definition) is 2. The van der Waals surface area contributed by atoms with Crippen LogP contribution >= 0.6 is 11.3 Å². The number of nitrogens with one attached hydrogen (secondary N) is 2. The fraction of sp³-hybridized carbons (Fsp3) is 0.500. The molecule has 2 N–H and O–H groups in total. The molecule has 2 aromatic rings. The van der Waals surface area contributed by atoms with E-state index in [0.717, 1.165) is 37.3 Å². The van der Waals surface area contributed by atoms with Gasteiger partial charge in [-0.2, -0.15) is 5.10 Å². The number of carbonyl (C=O) groups excluding carboxylic acids is 2. The smallest absolute Gasteiger partial charge is 0.350 e. The van der Waals surface area contributed by atoms with Gasteiger partial charge >= 0.3 is 5.97 Å². The Kier molecular flexibility index (Phi) is 5.44. The summed E-state index contributed by atoms with van der Waals surface area (Å²) in [5.41, 5.74) is 0.949. The summed E-state index contributed by atoms with van der Waals surface area (Å²) in [6.07, 6.45) is 4.55. The minimum atomic E-state index is -0.441. The van der Waals surface area contributed by atoms with Gasteiger partial charge in [0, 0.05) is 12.7 Å². The van der Waals surface area contributed by atoms with Gasteiger partial charge in [-0.3, -0.25) is 14.8 Å². The molecule has 0 radical (unpaired) electrons. The molecule has 0 spiro atoms. The molecule has 134 valence electrons. The Morgan fingerprint density at radius 2 is 2.36 bits per heavy atom. The maximum absolute atomic E-state index is 12.4. The van der Waals surface area contributed by atoms with Crippen molar-refractivity contribution < 1.29 is 14.3 Å². The van der Waals surface area contributed by atoms with Gasteiger partial charge in [0.1, 0.15) is 4.88 Å². The van der Waals surface area contributed by atoms with Crippen molar-refractivity contribution in [2.75, 3.05) is 25.5 Å². The number of aromatic nitrogens is 3. The van der Waals surface area contributed by atoms with Crippen LogP contribution in [0.5, 0.6) is 0 Å². The Morgan fingerprint density at radius 3 is 3.04 bits per heavy atom. The normalized spacial score (nSPS) is 17.3. The maximum atomic E-state index is 12.4. The number of thiazole rings is 1. The highest BCUT2D eigenvalue weighted by Gasteiger charge is 2.21. The fourth-order valence-electron chi connectivity index (χ4n) is 2.78. The summed E-state index contributed by atoms with van der Waals surface area (Å²) in [5, 5.41) is 10.8. The number of amides is 1. The third-order valence-corrected chi connectivity index (χ3v) is 5.10. The van der Waals surface area contributed by atoms with Crippen molar-refractivity contribution in [1.29, 1.82) is 0 Å². The zero-order valence-corrected chi connectivity index (χ0v) is 15.1. The highest BCUT2D eigenvalue weighted by molar-refractivity contribution is 7.17. The molecular formula is C16H21N5O3S. The lowest BCUT2D eigenvalue weighted by Crippen LogP contribution is -2.32. The molecule has 1 fully saturated rings. The lowest BCUT2D eigenvalue weighted by atomic mass is 10.1. The van der Waals surface area contributed by atoms with E-state index in [9.17, 15) is 9.59 Å². The highest BCUT2D eigenvalue weighted by atomic mass is 32.1. The lowest BCUT2D eigenvalue weighted by molar-refractivity contribution is 0.0604. The van der Waals surface area contributed by atoms with Crippen LogP contribution in [0.15, 0.2) is 12.3 Å². The summed E-state index contributed by atoms with van der Waals surface area (Å²) in [6, 6.07) is 1.97. The first kappa shape index (κ1) is 17.6. The quantitative estimate of drug-likeness (QED) is 0.787. The second-order valence-electron chi connectivity index (χ2n) is 5.78. The van der Waals surface area contributed by atoms with Crippen molar-refractivity contribution in [2.24, 2.45) is 0 Å². The topological polar surface area (TPSA) is 98.1 Å². The Bertz CT molecular complexity index is 764. The van der Waals surface area contributed by atoms with E-state index in [1.165, 1.54) is 7.11 Å². The monoisotopic (exact) mass is 363 g/mol. The largest absolute Gasteiger partial charge is 0.465 e. The summed E-state index contributed by atoms with van der Waals surface area (Å²) < 4.78 is 6.58. The van der Waals surface area contributed by atoms with Gasteiger partial charge in [-0.1, -0.05) is 18.3 Å². The third-order valence-electron chi connectivity index (χ3n) is 4.11. The van der Waals surface area contributed by atoms with E-state index in [0.29, 0.717) is 27.8 Å². The molecular weight excluding hydrogens is 342 g/mol. The van der Waals surface area contributed by atoms with Crippen molar-refractivity contribution in [3.8, 4) is 0 Å².